The minimum Gasteiger partial charge on any atom is -0.360 e. The molecule has 0 heterocycles. The maximum absolute atomic E-state index is 6.36. The standard InChI is InChI=1S/C15H27NO3Si/c1-6-15(7-2,8-3)19-20(17-4,18-5)16-14-12-10-9-11-13-14/h9-13,16H,6-8H2,1-5H3. The summed E-state index contributed by atoms with van der Waals surface area (Å²) in [4.78, 5) is 3.32. The van der Waals surface area contributed by atoms with Crippen LogP contribution in [0.1, 0.15) is 40.0 Å². The Morgan fingerprint density at radius 2 is 1.45 bits per heavy atom. The lowest BCUT2D eigenvalue weighted by Gasteiger charge is -2.38. The number of anilines is 1. The van der Waals surface area contributed by atoms with Crippen LogP contribution in [0.15, 0.2) is 30.3 Å². The van der Waals surface area contributed by atoms with Crippen LogP contribution >= 0.6 is 0 Å². The zero-order chi connectivity index (χ0) is 15.1. The largest absolute Gasteiger partial charge is 0.631 e. The zero-order valence-corrected chi connectivity index (χ0v) is 14.2. The van der Waals surface area contributed by atoms with Gasteiger partial charge in [-0.25, -0.2) is 0 Å². The molecule has 0 atom stereocenters. The molecule has 1 N–H and O–H groups in total. The topological polar surface area (TPSA) is 39.7 Å². The summed E-state index contributed by atoms with van der Waals surface area (Å²) in [6.07, 6.45) is 2.79. The fraction of sp³-hybridized carbons (Fsp3) is 0.600. The van der Waals surface area contributed by atoms with Gasteiger partial charge >= 0.3 is 8.97 Å². The molecule has 1 aromatic carbocycles. The fourth-order valence-corrected chi connectivity index (χ4v) is 4.36. The van der Waals surface area contributed by atoms with E-state index >= 15 is 0 Å². The van der Waals surface area contributed by atoms with Gasteiger partial charge in [-0.3, -0.25) is 0 Å². The van der Waals surface area contributed by atoms with Crippen molar-refractivity contribution >= 4 is 14.7 Å². The minimum absolute atomic E-state index is 0.208. The van der Waals surface area contributed by atoms with Crippen molar-refractivity contribution in [3.63, 3.8) is 0 Å². The van der Waals surface area contributed by atoms with Crippen LogP contribution in [0.5, 0.6) is 0 Å². The van der Waals surface area contributed by atoms with Crippen LogP contribution < -0.4 is 4.98 Å². The van der Waals surface area contributed by atoms with Gasteiger partial charge in [0.15, 0.2) is 0 Å². The molecule has 0 bridgehead atoms. The number of hydrogen-bond donors (Lipinski definition) is 1. The normalized spacial score (nSPS) is 12.4. The van der Waals surface area contributed by atoms with Crippen molar-refractivity contribution in [1.82, 2.24) is 0 Å². The molecule has 0 aromatic heterocycles. The van der Waals surface area contributed by atoms with E-state index in [2.05, 4.69) is 25.8 Å². The van der Waals surface area contributed by atoms with Crippen molar-refractivity contribution in [2.45, 2.75) is 45.6 Å². The summed E-state index contributed by atoms with van der Waals surface area (Å²) in [6.45, 7) is 6.42. The second-order valence-corrected chi connectivity index (χ2v) is 7.18. The van der Waals surface area contributed by atoms with E-state index in [4.69, 9.17) is 13.3 Å². The van der Waals surface area contributed by atoms with Gasteiger partial charge in [-0.2, -0.15) is 0 Å². The van der Waals surface area contributed by atoms with Gasteiger partial charge in [0.2, 0.25) is 0 Å². The van der Waals surface area contributed by atoms with Crippen LogP contribution in [0.2, 0.25) is 0 Å². The van der Waals surface area contributed by atoms with E-state index in [1.807, 2.05) is 30.3 Å². The molecule has 0 spiro atoms. The Bertz CT molecular complexity index is 370. The molecular weight excluding hydrogens is 270 g/mol. The summed E-state index contributed by atoms with van der Waals surface area (Å²) in [6, 6.07) is 9.88. The monoisotopic (exact) mass is 297 g/mol. The van der Waals surface area contributed by atoms with Gasteiger partial charge in [0.25, 0.3) is 0 Å². The Labute approximate surface area is 123 Å². The van der Waals surface area contributed by atoms with Gasteiger partial charge in [-0.05, 0) is 31.4 Å². The first kappa shape index (κ1) is 17.2. The van der Waals surface area contributed by atoms with E-state index in [1.54, 1.807) is 14.2 Å². The predicted octanol–water partition coefficient (Wildman–Crippen LogP) is 3.81. The highest BCUT2D eigenvalue weighted by Crippen LogP contribution is 2.29. The molecule has 0 amide bonds. The van der Waals surface area contributed by atoms with Gasteiger partial charge in [0.1, 0.15) is 0 Å². The average molecular weight is 297 g/mol. The molecule has 1 rings (SSSR count). The van der Waals surface area contributed by atoms with Crippen LogP contribution in [0.3, 0.4) is 0 Å². The number of para-hydroxylation sites is 1. The molecule has 4 nitrogen and oxygen atoms in total. The first-order chi connectivity index (χ1) is 9.59. The summed E-state index contributed by atoms with van der Waals surface area (Å²) >= 11 is 0. The van der Waals surface area contributed by atoms with Gasteiger partial charge in [-0.1, -0.05) is 39.0 Å². The van der Waals surface area contributed by atoms with Crippen LogP contribution in [0.25, 0.3) is 0 Å². The van der Waals surface area contributed by atoms with Crippen LogP contribution in [-0.2, 0) is 13.3 Å². The second-order valence-electron chi connectivity index (χ2n) is 4.80. The van der Waals surface area contributed by atoms with Crippen molar-refractivity contribution in [2.24, 2.45) is 0 Å². The highest BCUT2D eigenvalue weighted by Gasteiger charge is 2.47. The molecule has 20 heavy (non-hydrogen) atoms. The lowest BCUT2D eigenvalue weighted by molar-refractivity contribution is -0.0215. The highest BCUT2D eigenvalue weighted by atomic mass is 28.4. The molecule has 114 valence electrons. The Balaban J connectivity index is 2.96. The molecule has 1 aromatic rings. The number of benzene rings is 1. The second kappa shape index (κ2) is 7.78. The average Bonchev–Trinajstić information content (AvgIpc) is 2.53. The molecule has 0 aliphatic carbocycles. The van der Waals surface area contributed by atoms with Crippen molar-refractivity contribution in [3.8, 4) is 0 Å². The summed E-state index contributed by atoms with van der Waals surface area (Å²) in [7, 11) is 0.340. The molecule has 0 unspecified atom stereocenters. The van der Waals surface area contributed by atoms with Crippen molar-refractivity contribution in [2.75, 3.05) is 19.2 Å². The summed E-state index contributed by atoms with van der Waals surface area (Å²) in [5, 5.41) is 0. The fourth-order valence-electron chi connectivity index (χ4n) is 2.24. The Morgan fingerprint density at radius 3 is 1.85 bits per heavy atom. The summed E-state index contributed by atoms with van der Waals surface area (Å²) < 4.78 is 17.6. The predicted molar refractivity (Wildman–Crippen MR) is 84.5 cm³/mol. The molecular formula is C15H27NO3Si. The molecule has 0 aliphatic heterocycles. The third kappa shape index (κ3) is 4.05. The van der Waals surface area contributed by atoms with Crippen LogP contribution in [0.4, 0.5) is 5.69 Å². The molecule has 0 aliphatic rings. The molecule has 0 radical (unpaired) electrons. The summed E-state index contributed by atoms with van der Waals surface area (Å²) in [5.74, 6) is 0. The third-order valence-electron chi connectivity index (χ3n) is 3.89. The Hall–Kier alpha value is -0.883. The van der Waals surface area contributed by atoms with E-state index in [-0.39, 0.29) is 5.60 Å². The van der Waals surface area contributed by atoms with Crippen molar-refractivity contribution in [3.05, 3.63) is 30.3 Å². The lowest BCUT2D eigenvalue weighted by atomic mass is 9.95. The SMILES string of the molecule is CCC(CC)(CC)O[Si](Nc1ccccc1)(OC)OC. The van der Waals surface area contributed by atoms with E-state index in [0.29, 0.717) is 0 Å². The first-order valence-corrected chi connectivity index (χ1v) is 8.95. The quantitative estimate of drug-likeness (QED) is 0.704. The van der Waals surface area contributed by atoms with E-state index < -0.39 is 8.97 Å². The number of nitrogens with one attached hydrogen (secondary N) is 1. The smallest absolute Gasteiger partial charge is 0.360 e. The van der Waals surface area contributed by atoms with E-state index in [1.165, 1.54) is 0 Å². The van der Waals surface area contributed by atoms with Crippen LogP contribution in [-0.4, -0.2) is 28.8 Å². The van der Waals surface area contributed by atoms with Gasteiger partial charge < -0.3 is 18.3 Å². The molecule has 0 fully saturated rings. The summed E-state index contributed by atoms with van der Waals surface area (Å²) in [5.41, 5.74) is 0.736. The zero-order valence-electron chi connectivity index (χ0n) is 13.2. The van der Waals surface area contributed by atoms with E-state index in [0.717, 1.165) is 24.9 Å². The maximum Gasteiger partial charge on any atom is 0.631 e. The maximum atomic E-state index is 6.36. The first-order valence-electron chi connectivity index (χ1n) is 7.23. The Kier molecular flexibility index (Phi) is 6.68. The van der Waals surface area contributed by atoms with Crippen molar-refractivity contribution < 1.29 is 13.3 Å². The lowest BCUT2D eigenvalue weighted by Crippen LogP contribution is -2.57. The number of hydrogen-bond acceptors (Lipinski definition) is 4. The Morgan fingerprint density at radius 1 is 0.950 bits per heavy atom. The molecule has 5 heteroatoms. The molecule has 0 saturated heterocycles. The van der Waals surface area contributed by atoms with Gasteiger partial charge in [-0.15, -0.1) is 0 Å². The molecule has 0 saturated carbocycles. The minimum atomic E-state index is -2.93. The van der Waals surface area contributed by atoms with E-state index in [9.17, 15) is 0 Å². The number of rotatable bonds is 9. The van der Waals surface area contributed by atoms with Gasteiger partial charge in [0, 0.05) is 19.9 Å². The highest BCUT2D eigenvalue weighted by molar-refractivity contribution is 6.64. The van der Waals surface area contributed by atoms with Crippen molar-refractivity contribution in [1.29, 1.82) is 0 Å². The van der Waals surface area contributed by atoms with Gasteiger partial charge in [0.05, 0.1) is 5.60 Å². The van der Waals surface area contributed by atoms with Crippen LogP contribution in [0, 0.1) is 0 Å². The third-order valence-corrected chi connectivity index (χ3v) is 6.26.